The Balaban J connectivity index is 1.78. The number of aryl methyl sites for hydroxylation is 2. The van der Waals surface area contributed by atoms with Crippen molar-refractivity contribution in [3.63, 3.8) is 0 Å². The molecule has 0 spiro atoms. The summed E-state index contributed by atoms with van der Waals surface area (Å²) in [4.78, 5) is 2.12. The van der Waals surface area contributed by atoms with E-state index in [1.54, 1.807) is 0 Å². The first kappa shape index (κ1) is 13.0. The first-order valence-electron chi connectivity index (χ1n) is 7.27. The van der Waals surface area contributed by atoms with Gasteiger partial charge >= 0.3 is 0 Å². The van der Waals surface area contributed by atoms with Crippen molar-refractivity contribution < 1.29 is 0 Å². The van der Waals surface area contributed by atoms with Crippen LogP contribution in [0.3, 0.4) is 0 Å². The Morgan fingerprint density at radius 3 is 2.50 bits per heavy atom. The molecule has 1 aliphatic rings. The monoisotopic (exact) mass is 266 g/mol. The van der Waals surface area contributed by atoms with E-state index in [1.165, 1.54) is 40.9 Å². The third-order valence-electron chi connectivity index (χ3n) is 4.10. The summed E-state index contributed by atoms with van der Waals surface area (Å²) in [5.74, 6) is 0. The third kappa shape index (κ3) is 2.51. The molecule has 0 fully saturated rings. The van der Waals surface area contributed by atoms with Crippen molar-refractivity contribution >= 4 is 11.4 Å². The number of anilines is 2. The van der Waals surface area contributed by atoms with E-state index in [-0.39, 0.29) is 0 Å². The standard InChI is InChI=1S/C18H22N2/c1-13-4-5-14-6-11-18(17(14)12-13)19-15-7-9-16(10-8-15)20(2)3/h4-5,7-10,12,18-19H,6,11H2,1-3H3. The highest BCUT2D eigenvalue weighted by molar-refractivity contribution is 5.56. The Kier molecular flexibility index (Phi) is 3.39. The van der Waals surface area contributed by atoms with Crippen molar-refractivity contribution in [1.29, 1.82) is 0 Å². The minimum Gasteiger partial charge on any atom is -0.378 e. The predicted molar refractivity (Wildman–Crippen MR) is 86.6 cm³/mol. The summed E-state index contributed by atoms with van der Waals surface area (Å²) in [6.07, 6.45) is 2.37. The van der Waals surface area contributed by atoms with Crippen molar-refractivity contribution in [3.8, 4) is 0 Å². The van der Waals surface area contributed by atoms with E-state index in [9.17, 15) is 0 Å². The van der Waals surface area contributed by atoms with Crippen LogP contribution in [0.15, 0.2) is 42.5 Å². The predicted octanol–water partition coefficient (Wildman–Crippen LogP) is 4.16. The molecule has 2 heteroatoms. The van der Waals surface area contributed by atoms with Crippen molar-refractivity contribution in [1.82, 2.24) is 0 Å². The second kappa shape index (κ2) is 5.20. The molecule has 2 aromatic carbocycles. The molecule has 1 unspecified atom stereocenters. The highest BCUT2D eigenvalue weighted by atomic mass is 15.1. The molecule has 1 N–H and O–H groups in total. The average molecular weight is 266 g/mol. The van der Waals surface area contributed by atoms with Crippen LogP contribution in [0, 0.1) is 6.92 Å². The average Bonchev–Trinajstić information content (AvgIpc) is 2.82. The van der Waals surface area contributed by atoms with Gasteiger partial charge in [-0.1, -0.05) is 23.8 Å². The molecule has 0 amide bonds. The number of nitrogens with one attached hydrogen (secondary N) is 1. The topological polar surface area (TPSA) is 15.3 Å². The molecule has 3 rings (SSSR count). The van der Waals surface area contributed by atoms with E-state index < -0.39 is 0 Å². The maximum Gasteiger partial charge on any atom is 0.0519 e. The summed E-state index contributed by atoms with van der Waals surface area (Å²) in [5.41, 5.74) is 6.76. The van der Waals surface area contributed by atoms with E-state index in [1.807, 2.05) is 0 Å². The smallest absolute Gasteiger partial charge is 0.0519 e. The van der Waals surface area contributed by atoms with Crippen LogP contribution in [-0.4, -0.2) is 14.1 Å². The molecule has 0 bridgehead atoms. The molecule has 0 saturated heterocycles. The van der Waals surface area contributed by atoms with Gasteiger partial charge in [-0.05, 0) is 55.2 Å². The summed E-state index contributed by atoms with van der Waals surface area (Å²) in [6.45, 7) is 2.17. The largest absolute Gasteiger partial charge is 0.378 e. The number of nitrogens with zero attached hydrogens (tertiary/aromatic N) is 1. The van der Waals surface area contributed by atoms with Crippen LogP contribution in [0.4, 0.5) is 11.4 Å². The molecule has 104 valence electrons. The molecule has 1 atom stereocenters. The lowest BCUT2D eigenvalue weighted by molar-refractivity contribution is 0.762. The zero-order chi connectivity index (χ0) is 14.1. The van der Waals surface area contributed by atoms with Crippen molar-refractivity contribution in [2.24, 2.45) is 0 Å². The molecular weight excluding hydrogens is 244 g/mol. The highest BCUT2D eigenvalue weighted by Gasteiger charge is 2.22. The van der Waals surface area contributed by atoms with Crippen LogP contribution >= 0.6 is 0 Å². The van der Waals surface area contributed by atoms with Gasteiger partial charge in [-0.3, -0.25) is 0 Å². The fraction of sp³-hybridized carbons (Fsp3) is 0.333. The summed E-state index contributed by atoms with van der Waals surface area (Å²) >= 11 is 0. The molecular formula is C18H22N2. The Morgan fingerprint density at radius 1 is 1.05 bits per heavy atom. The van der Waals surface area contributed by atoms with Gasteiger partial charge in [-0.25, -0.2) is 0 Å². The van der Waals surface area contributed by atoms with Crippen molar-refractivity contribution in [3.05, 3.63) is 59.2 Å². The fourth-order valence-corrected chi connectivity index (χ4v) is 2.93. The summed E-state index contributed by atoms with van der Waals surface area (Å²) < 4.78 is 0. The zero-order valence-corrected chi connectivity index (χ0v) is 12.5. The first-order valence-corrected chi connectivity index (χ1v) is 7.27. The lowest BCUT2D eigenvalue weighted by atomic mass is 10.0. The Labute approximate surface area is 121 Å². The van der Waals surface area contributed by atoms with Crippen molar-refractivity contribution in [2.75, 3.05) is 24.3 Å². The molecule has 0 saturated carbocycles. The van der Waals surface area contributed by atoms with Crippen LogP contribution in [0.2, 0.25) is 0 Å². The first-order chi connectivity index (χ1) is 9.63. The lowest BCUT2D eigenvalue weighted by Crippen LogP contribution is -2.09. The number of benzene rings is 2. The van der Waals surface area contributed by atoms with E-state index in [4.69, 9.17) is 0 Å². The van der Waals surface area contributed by atoms with Crippen LogP contribution in [0.25, 0.3) is 0 Å². The molecule has 0 aliphatic heterocycles. The SMILES string of the molecule is Cc1ccc2c(c1)C(Nc1ccc(N(C)C)cc1)CC2. The molecule has 0 radical (unpaired) electrons. The molecule has 20 heavy (non-hydrogen) atoms. The van der Waals surface area contributed by atoms with E-state index in [2.05, 4.69) is 73.7 Å². The van der Waals surface area contributed by atoms with E-state index >= 15 is 0 Å². The lowest BCUT2D eigenvalue weighted by Gasteiger charge is -2.18. The molecule has 1 aliphatic carbocycles. The van der Waals surface area contributed by atoms with Crippen LogP contribution < -0.4 is 10.2 Å². The molecule has 2 nitrogen and oxygen atoms in total. The molecule has 0 heterocycles. The van der Waals surface area contributed by atoms with Gasteiger partial charge in [0.05, 0.1) is 6.04 Å². The van der Waals surface area contributed by atoms with Gasteiger partial charge in [-0.2, -0.15) is 0 Å². The Morgan fingerprint density at radius 2 is 1.80 bits per heavy atom. The normalized spacial score (nSPS) is 16.9. The summed E-state index contributed by atoms with van der Waals surface area (Å²) in [6, 6.07) is 15.9. The quantitative estimate of drug-likeness (QED) is 0.897. The number of fused-ring (bicyclic) bond motifs is 1. The van der Waals surface area contributed by atoms with Gasteiger partial charge < -0.3 is 10.2 Å². The third-order valence-corrected chi connectivity index (χ3v) is 4.10. The van der Waals surface area contributed by atoms with E-state index in [0.29, 0.717) is 6.04 Å². The second-order valence-corrected chi connectivity index (χ2v) is 5.88. The van der Waals surface area contributed by atoms with Gasteiger partial charge in [-0.15, -0.1) is 0 Å². The number of rotatable bonds is 3. The van der Waals surface area contributed by atoms with Crippen LogP contribution in [0.5, 0.6) is 0 Å². The van der Waals surface area contributed by atoms with Gasteiger partial charge in [0.25, 0.3) is 0 Å². The summed E-state index contributed by atoms with van der Waals surface area (Å²) in [7, 11) is 4.14. The minimum atomic E-state index is 0.454. The van der Waals surface area contributed by atoms with Crippen molar-refractivity contribution in [2.45, 2.75) is 25.8 Å². The zero-order valence-electron chi connectivity index (χ0n) is 12.5. The highest BCUT2D eigenvalue weighted by Crippen LogP contribution is 2.34. The Hall–Kier alpha value is -1.96. The number of hydrogen-bond acceptors (Lipinski definition) is 2. The Bertz CT molecular complexity index is 599. The van der Waals surface area contributed by atoms with Gasteiger partial charge in [0, 0.05) is 25.5 Å². The van der Waals surface area contributed by atoms with Gasteiger partial charge in [0.15, 0.2) is 0 Å². The second-order valence-electron chi connectivity index (χ2n) is 5.88. The minimum absolute atomic E-state index is 0.454. The molecule has 2 aromatic rings. The maximum atomic E-state index is 3.67. The van der Waals surface area contributed by atoms with Crippen LogP contribution in [-0.2, 0) is 6.42 Å². The van der Waals surface area contributed by atoms with Gasteiger partial charge in [0.2, 0.25) is 0 Å². The van der Waals surface area contributed by atoms with E-state index in [0.717, 1.165) is 0 Å². The summed E-state index contributed by atoms with van der Waals surface area (Å²) in [5, 5.41) is 3.67. The molecule has 0 aromatic heterocycles. The fourth-order valence-electron chi connectivity index (χ4n) is 2.93. The van der Waals surface area contributed by atoms with Crippen LogP contribution in [0.1, 0.15) is 29.2 Å². The number of hydrogen-bond donors (Lipinski definition) is 1. The van der Waals surface area contributed by atoms with Gasteiger partial charge in [0.1, 0.15) is 0 Å². The maximum absolute atomic E-state index is 3.67.